The number of benzene rings is 1. The first-order valence-electron chi connectivity index (χ1n) is 10.1. The van der Waals surface area contributed by atoms with E-state index in [0.717, 1.165) is 50.7 Å². The van der Waals surface area contributed by atoms with Crippen molar-refractivity contribution in [3.63, 3.8) is 0 Å². The second kappa shape index (κ2) is 9.47. The molecular formula is C22H25ClN4O3. The van der Waals surface area contributed by atoms with Gasteiger partial charge in [0.1, 0.15) is 17.1 Å². The van der Waals surface area contributed by atoms with Crippen molar-refractivity contribution in [3.05, 3.63) is 58.9 Å². The summed E-state index contributed by atoms with van der Waals surface area (Å²) in [5.74, 6) is 1.23. The predicted octanol–water partition coefficient (Wildman–Crippen LogP) is 3.55. The Bertz CT molecular complexity index is 1010. The number of hydrogen-bond donors (Lipinski definition) is 1. The average Bonchev–Trinajstić information content (AvgIpc) is 3.38. The second-order valence-corrected chi connectivity index (χ2v) is 7.72. The van der Waals surface area contributed by atoms with Crippen LogP contribution in [0, 0.1) is 6.92 Å². The molecule has 0 spiro atoms. The average molecular weight is 429 g/mol. The van der Waals surface area contributed by atoms with Gasteiger partial charge >= 0.3 is 0 Å². The fourth-order valence-corrected chi connectivity index (χ4v) is 3.64. The maximum absolute atomic E-state index is 13.0. The molecule has 4 rings (SSSR count). The van der Waals surface area contributed by atoms with Crippen LogP contribution in [0.4, 0.5) is 0 Å². The Hall–Kier alpha value is -2.61. The highest BCUT2D eigenvalue weighted by molar-refractivity contribution is 6.30. The Morgan fingerprint density at radius 3 is 2.77 bits per heavy atom. The Labute approximate surface area is 180 Å². The molecule has 30 heavy (non-hydrogen) atoms. The fourth-order valence-electron chi connectivity index (χ4n) is 3.46. The van der Waals surface area contributed by atoms with Crippen molar-refractivity contribution in [1.82, 2.24) is 20.0 Å². The summed E-state index contributed by atoms with van der Waals surface area (Å²) in [6.07, 6.45) is 0.876. The summed E-state index contributed by atoms with van der Waals surface area (Å²) in [7, 11) is 0. The van der Waals surface area contributed by atoms with Crippen molar-refractivity contribution in [1.29, 1.82) is 0 Å². The number of furan rings is 1. The summed E-state index contributed by atoms with van der Waals surface area (Å²) in [5.41, 5.74) is 1.75. The Morgan fingerprint density at radius 1 is 1.20 bits per heavy atom. The molecule has 7 nitrogen and oxygen atoms in total. The standard InChI is InChI=1S/C22H25ClN4O3/c1-16-6-7-21(30-16)19-15-20(27(25-19)18-5-2-4-17(23)14-18)22(28)24-8-3-9-26-10-12-29-13-11-26/h2,4-7,14-15H,3,8-13H2,1H3,(H,24,28). The van der Waals surface area contributed by atoms with Crippen LogP contribution in [0.25, 0.3) is 17.1 Å². The minimum atomic E-state index is -0.181. The van der Waals surface area contributed by atoms with E-state index in [2.05, 4.69) is 15.3 Å². The molecule has 0 bridgehead atoms. The van der Waals surface area contributed by atoms with Gasteiger partial charge in [0, 0.05) is 30.7 Å². The van der Waals surface area contributed by atoms with E-state index in [0.29, 0.717) is 28.7 Å². The number of morpholine rings is 1. The lowest BCUT2D eigenvalue weighted by Gasteiger charge is -2.26. The van der Waals surface area contributed by atoms with E-state index in [1.54, 1.807) is 22.9 Å². The van der Waals surface area contributed by atoms with Crippen LogP contribution in [0.15, 0.2) is 46.9 Å². The Kier molecular flexibility index (Phi) is 6.52. The molecular weight excluding hydrogens is 404 g/mol. The van der Waals surface area contributed by atoms with Gasteiger partial charge in [0.15, 0.2) is 5.76 Å². The van der Waals surface area contributed by atoms with Crippen LogP contribution in [-0.2, 0) is 4.74 Å². The third-order valence-electron chi connectivity index (χ3n) is 5.03. The highest BCUT2D eigenvalue weighted by Gasteiger charge is 2.19. The molecule has 0 atom stereocenters. The number of rotatable bonds is 7. The number of carbonyl (C=O) groups is 1. The third-order valence-corrected chi connectivity index (χ3v) is 5.26. The Balaban J connectivity index is 1.50. The molecule has 1 amide bonds. The van der Waals surface area contributed by atoms with Crippen molar-refractivity contribution in [3.8, 4) is 17.1 Å². The van der Waals surface area contributed by atoms with E-state index in [1.165, 1.54) is 0 Å². The van der Waals surface area contributed by atoms with Gasteiger partial charge in [-0.25, -0.2) is 4.68 Å². The van der Waals surface area contributed by atoms with E-state index >= 15 is 0 Å². The summed E-state index contributed by atoms with van der Waals surface area (Å²) in [5, 5.41) is 8.20. The molecule has 1 N–H and O–H groups in total. The summed E-state index contributed by atoms with van der Waals surface area (Å²) in [6.45, 7) is 6.85. The number of halogens is 1. The lowest BCUT2D eigenvalue weighted by atomic mass is 10.2. The van der Waals surface area contributed by atoms with E-state index < -0.39 is 0 Å². The molecule has 8 heteroatoms. The van der Waals surface area contributed by atoms with Crippen LogP contribution in [0.3, 0.4) is 0 Å². The van der Waals surface area contributed by atoms with Crippen LogP contribution < -0.4 is 5.32 Å². The Morgan fingerprint density at radius 2 is 2.03 bits per heavy atom. The molecule has 2 aromatic heterocycles. The molecule has 3 aromatic rings. The van der Waals surface area contributed by atoms with Gasteiger partial charge in [-0.2, -0.15) is 5.10 Å². The molecule has 0 aliphatic carbocycles. The lowest BCUT2D eigenvalue weighted by molar-refractivity contribution is 0.0374. The van der Waals surface area contributed by atoms with Gasteiger partial charge in [-0.15, -0.1) is 0 Å². The number of nitrogens with zero attached hydrogens (tertiary/aromatic N) is 3. The first-order chi connectivity index (χ1) is 14.6. The third kappa shape index (κ3) is 4.92. The number of ether oxygens (including phenoxy) is 1. The van der Waals surface area contributed by atoms with Gasteiger partial charge < -0.3 is 14.5 Å². The SMILES string of the molecule is Cc1ccc(-c2cc(C(=O)NCCCN3CCOCC3)n(-c3cccc(Cl)c3)n2)o1. The summed E-state index contributed by atoms with van der Waals surface area (Å²) < 4.78 is 12.7. The number of aryl methyl sites for hydroxylation is 1. The quantitative estimate of drug-likeness (QED) is 0.582. The molecule has 1 fully saturated rings. The molecule has 0 radical (unpaired) electrons. The lowest BCUT2D eigenvalue weighted by Crippen LogP contribution is -2.38. The number of carbonyl (C=O) groups excluding carboxylic acids is 1. The first kappa shape index (κ1) is 20.7. The van der Waals surface area contributed by atoms with Crippen LogP contribution in [-0.4, -0.2) is 60.0 Å². The van der Waals surface area contributed by atoms with Gasteiger partial charge in [-0.05, 0) is 50.2 Å². The van der Waals surface area contributed by atoms with Gasteiger partial charge in [0.2, 0.25) is 0 Å². The molecule has 1 saturated heterocycles. The van der Waals surface area contributed by atoms with Gasteiger partial charge in [0.05, 0.1) is 18.9 Å². The maximum Gasteiger partial charge on any atom is 0.270 e. The number of hydrogen-bond acceptors (Lipinski definition) is 5. The topological polar surface area (TPSA) is 72.5 Å². The van der Waals surface area contributed by atoms with Crippen molar-refractivity contribution in [2.45, 2.75) is 13.3 Å². The van der Waals surface area contributed by atoms with Crippen LogP contribution in [0.5, 0.6) is 0 Å². The molecule has 0 saturated carbocycles. The number of aromatic nitrogens is 2. The predicted molar refractivity (Wildman–Crippen MR) is 115 cm³/mol. The minimum Gasteiger partial charge on any atom is -0.460 e. The second-order valence-electron chi connectivity index (χ2n) is 7.28. The van der Waals surface area contributed by atoms with Gasteiger partial charge in [-0.1, -0.05) is 17.7 Å². The van der Waals surface area contributed by atoms with Gasteiger partial charge in [-0.3, -0.25) is 9.69 Å². The highest BCUT2D eigenvalue weighted by atomic mass is 35.5. The zero-order valence-corrected chi connectivity index (χ0v) is 17.7. The van der Waals surface area contributed by atoms with Crippen molar-refractivity contribution < 1.29 is 13.9 Å². The van der Waals surface area contributed by atoms with E-state index in [9.17, 15) is 4.79 Å². The van der Waals surface area contributed by atoms with E-state index in [4.69, 9.17) is 20.8 Å². The fraction of sp³-hybridized carbons (Fsp3) is 0.364. The molecule has 1 aromatic carbocycles. The van der Waals surface area contributed by atoms with Crippen LogP contribution >= 0.6 is 11.6 Å². The molecule has 0 unspecified atom stereocenters. The minimum absolute atomic E-state index is 0.181. The van der Waals surface area contributed by atoms with E-state index in [1.807, 2.05) is 31.2 Å². The summed E-state index contributed by atoms with van der Waals surface area (Å²) >= 11 is 6.16. The van der Waals surface area contributed by atoms with Crippen molar-refractivity contribution in [2.75, 3.05) is 39.4 Å². The highest BCUT2D eigenvalue weighted by Crippen LogP contribution is 2.24. The molecule has 3 heterocycles. The van der Waals surface area contributed by atoms with Crippen molar-refractivity contribution in [2.24, 2.45) is 0 Å². The maximum atomic E-state index is 13.0. The molecule has 158 valence electrons. The van der Waals surface area contributed by atoms with Gasteiger partial charge in [0.25, 0.3) is 5.91 Å². The zero-order valence-electron chi connectivity index (χ0n) is 16.9. The van der Waals surface area contributed by atoms with Crippen LogP contribution in [0.1, 0.15) is 22.7 Å². The zero-order chi connectivity index (χ0) is 20.9. The monoisotopic (exact) mass is 428 g/mol. The van der Waals surface area contributed by atoms with Crippen LogP contribution in [0.2, 0.25) is 5.02 Å². The molecule has 1 aliphatic heterocycles. The normalized spacial score (nSPS) is 14.7. The largest absolute Gasteiger partial charge is 0.460 e. The number of nitrogens with one attached hydrogen (secondary N) is 1. The summed E-state index contributed by atoms with van der Waals surface area (Å²) in [4.78, 5) is 15.3. The molecule has 1 aliphatic rings. The smallest absolute Gasteiger partial charge is 0.270 e. The van der Waals surface area contributed by atoms with Crippen molar-refractivity contribution >= 4 is 17.5 Å². The first-order valence-corrected chi connectivity index (χ1v) is 10.5. The number of amides is 1. The summed E-state index contributed by atoms with van der Waals surface area (Å²) in [6, 6.07) is 12.7. The van der Waals surface area contributed by atoms with E-state index in [-0.39, 0.29) is 5.91 Å².